The Morgan fingerprint density at radius 3 is 2.85 bits per heavy atom. The number of nitrogens with one attached hydrogen (secondary N) is 1. The van der Waals surface area contributed by atoms with Crippen LogP contribution in [0.3, 0.4) is 0 Å². The molecule has 0 amide bonds. The van der Waals surface area contributed by atoms with Crippen molar-refractivity contribution in [3.05, 3.63) is 24.6 Å². The highest BCUT2D eigenvalue weighted by atomic mass is 16.3. The first kappa shape index (κ1) is 17.5. The third-order valence-corrected chi connectivity index (χ3v) is 4.90. The number of aromatic nitrogens is 6. The molecule has 142 valence electrons. The number of nitrogens with zero attached hydrogens (tertiary/aromatic N) is 6. The molecule has 8 heteroatoms. The molecule has 1 atom stereocenters. The Hall–Kier alpha value is -2.90. The van der Waals surface area contributed by atoms with Gasteiger partial charge in [-0.2, -0.15) is 14.6 Å². The van der Waals surface area contributed by atoms with Gasteiger partial charge in [-0.1, -0.05) is 33.1 Å². The zero-order valence-corrected chi connectivity index (χ0v) is 16.0. The maximum Gasteiger partial charge on any atom is 0.228 e. The summed E-state index contributed by atoms with van der Waals surface area (Å²) < 4.78 is 8.97. The van der Waals surface area contributed by atoms with E-state index in [1.807, 2.05) is 25.4 Å². The molecule has 0 aromatic carbocycles. The van der Waals surface area contributed by atoms with E-state index in [2.05, 4.69) is 34.3 Å². The molecule has 27 heavy (non-hydrogen) atoms. The monoisotopic (exact) mass is 367 g/mol. The summed E-state index contributed by atoms with van der Waals surface area (Å²) in [7, 11) is 1.88. The number of hydrogen-bond donors (Lipinski definition) is 1. The van der Waals surface area contributed by atoms with Crippen LogP contribution in [0.25, 0.3) is 28.3 Å². The molecule has 0 saturated carbocycles. The van der Waals surface area contributed by atoms with Crippen molar-refractivity contribution in [3.63, 3.8) is 0 Å². The zero-order valence-electron chi connectivity index (χ0n) is 16.0. The maximum absolute atomic E-state index is 5.47. The van der Waals surface area contributed by atoms with Crippen molar-refractivity contribution in [2.75, 3.05) is 11.9 Å². The Kier molecular flexibility index (Phi) is 4.79. The lowest BCUT2D eigenvalue weighted by Crippen LogP contribution is -2.17. The predicted molar refractivity (Wildman–Crippen MR) is 105 cm³/mol. The SMILES string of the molecule is CCCCC(CC)CNc1nc2nn(C)cc2c2nc(-c3ccco3)nn12. The van der Waals surface area contributed by atoms with Crippen LogP contribution >= 0.6 is 0 Å². The molecule has 4 aromatic rings. The van der Waals surface area contributed by atoms with Gasteiger partial charge in [-0.05, 0) is 24.5 Å². The van der Waals surface area contributed by atoms with E-state index in [0.717, 1.165) is 24.0 Å². The summed E-state index contributed by atoms with van der Waals surface area (Å²) in [6, 6.07) is 3.69. The smallest absolute Gasteiger partial charge is 0.228 e. The summed E-state index contributed by atoms with van der Waals surface area (Å²) in [5.41, 5.74) is 1.39. The van der Waals surface area contributed by atoms with Gasteiger partial charge in [-0.15, -0.1) is 5.10 Å². The molecule has 0 radical (unpaired) electrons. The number of rotatable bonds is 8. The standard InChI is InChI=1S/C19H25N7O/c1-4-6-8-13(5-2)11-20-19-22-16-14(12-25(3)23-16)18-21-17(24-26(18)19)15-9-7-10-27-15/h7,9-10,12-13H,4-6,8,11H2,1-3H3,(H,20,22,23). The molecule has 0 aliphatic rings. The average molecular weight is 367 g/mol. The molecule has 0 fully saturated rings. The first-order valence-electron chi connectivity index (χ1n) is 9.57. The van der Waals surface area contributed by atoms with E-state index in [4.69, 9.17) is 9.40 Å². The number of anilines is 1. The fourth-order valence-electron chi connectivity index (χ4n) is 3.30. The molecule has 0 aliphatic heterocycles. The van der Waals surface area contributed by atoms with Crippen molar-refractivity contribution in [1.29, 1.82) is 0 Å². The molecule has 1 N–H and O–H groups in total. The minimum absolute atomic E-state index is 0.541. The highest BCUT2D eigenvalue weighted by Crippen LogP contribution is 2.24. The molecule has 0 saturated heterocycles. The van der Waals surface area contributed by atoms with Crippen LogP contribution in [0, 0.1) is 5.92 Å². The van der Waals surface area contributed by atoms with Crippen molar-refractivity contribution < 1.29 is 4.42 Å². The van der Waals surface area contributed by atoms with Crippen LogP contribution in [-0.2, 0) is 7.05 Å². The number of hydrogen-bond acceptors (Lipinski definition) is 6. The molecule has 0 aliphatic carbocycles. The van der Waals surface area contributed by atoms with Gasteiger partial charge in [0.05, 0.1) is 11.6 Å². The molecule has 4 heterocycles. The maximum atomic E-state index is 5.47. The minimum Gasteiger partial charge on any atom is -0.461 e. The van der Waals surface area contributed by atoms with Crippen LogP contribution in [0.15, 0.2) is 29.0 Å². The first-order valence-corrected chi connectivity index (χ1v) is 9.57. The fourth-order valence-corrected chi connectivity index (χ4v) is 3.30. The summed E-state index contributed by atoms with van der Waals surface area (Å²) in [4.78, 5) is 9.37. The van der Waals surface area contributed by atoms with E-state index >= 15 is 0 Å². The lowest BCUT2D eigenvalue weighted by molar-refractivity contribution is 0.471. The number of fused-ring (bicyclic) bond motifs is 3. The summed E-state index contributed by atoms with van der Waals surface area (Å²) in [5, 5.41) is 13.4. The van der Waals surface area contributed by atoms with Crippen LogP contribution in [0.5, 0.6) is 0 Å². The van der Waals surface area contributed by atoms with E-state index < -0.39 is 0 Å². The van der Waals surface area contributed by atoms with Gasteiger partial charge in [0.1, 0.15) is 0 Å². The Morgan fingerprint density at radius 2 is 2.11 bits per heavy atom. The zero-order chi connectivity index (χ0) is 18.8. The van der Waals surface area contributed by atoms with Crippen LogP contribution in [0.1, 0.15) is 39.5 Å². The van der Waals surface area contributed by atoms with Crippen LogP contribution < -0.4 is 5.32 Å². The number of aryl methyl sites for hydroxylation is 1. The molecule has 0 spiro atoms. The largest absolute Gasteiger partial charge is 0.461 e. The number of unbranched alkanes of at least 4 members (excludes halogenated alkanes) is 1. The Labute approximate surface area is 157 Å². The summed E-state index contributed by atoms with van der Waals surface area (Å²) in [5.74, 6) is 2.45. The van der Waals surface area contributed by atoms with Crippen LogP contribution in [0.2, 0.25) is 0 Å². The van der Waals surface area contributed by atoms with Crippen molar-refractivity contribution in [3.8, 4) is 11.6 Å². The average Bonchev–Trinajstić information content (AvgIpc) is 3.39. The van der Waals surface area contributed by atoms with Gasteiger partial charge < -0.3 is 9.73 Å². The first-order chi connectivity index (χ1) is 13.2. The van der Waals surface area contributed by atoms with Crippen molar-refractivity contribution in [2.24, 2.45) is 13.0 Å². The highest BCUT2D eigenvalue weighted by Gasteiger charge is 2.18. The lowest BCUT2D eigenvalue weighted by atomic mass is 9.99. The summed E-state index contributed by atoms with van der Waals surface area (Å²) in [6.45, 7) is 5.32. The quantitative estimate of drug-likeness (QED) is 0.508. The van der Waals surface area contributed by atoms with Crippen molar-refractivity contribution in [2.45, 2.75) is 39.5 Å². The second-order valence-electron chi connectivity index (χ2n) is 6.92. The van der Waals surface area contributed by atoms with Gasteiger partial charge in [-0.25, -0.2) is 4.98 Å². The highest BCUT2D eigenvalue weighted by molar-refractivity contribution is 5.90. The normalized spacial score (nSPS) is 12.9. The van der Waals surface area contributed by atoms with Gasteiger partial charge in [-0.3, -0.25) is 4.68 Å². The summed E-state index contributed by atoms with van der Waals surface area (Å²) >= 11 is 0. The second kappa shape index (κ2) is 7.38. The molecule has 1 unspecified atom stereocenters. The van der Waals surface area contributed by atoms with E-state index in [1.54, 1.807) is 15.5 Å². The van der Waals surface area contributed by atoms with Crippen LogP contribution in [0.4, 0.5) is 5.95 Å². The minimum atomic E-state index is 0.541. The lowest BCUT2D eigenvalue weighted by Gasteiger charge is -2.15. The number of furan rings is 1. The van der Waals surface area contributed by atoms with E-state index in [-0.39, 0.29) is 0 Å². The van der Waals surface area contributed by atoms with E-state index in [9.17, 15) is 0 Å². The van der Waals surface area contributed by atoms with Crippen LogP contribution in [-0.4, -0.2) is 35.9 Å². The molecule has 4 rings (SSSR count). The van der Waals surface area contributed by atoms with Gasteiger partial charge in [0.15, 0.2) is 17.1 Å². The summed E-state index contributed by atoms with van der Waals surface area (Å²) in [6.07, 6.45) is 8.35. The molecular formula is C19H25N7O. The molecule has 8 nitrogen and oxygen atoms in total. The topological polar surface area (TPSA) is 86.1 Å². The predicted octanol–water partition coefficient (Wildman–Crippen LogP) is 3.90. The van der Waals surface area contributed by atoms with E-state index in [0.29, 0.717) is 29.1 Å². The van der Waals surface area contributed by atoms with Gasteiger partial charge in [0, 0.05) is 19.8 Å². The third kappa shape index (κ3) is 3.39. The van der Waals surface area contributed by atoms with Gasteiger partial charge >= 0.3 is 0 Å². The van der Waals surface area contributed by atoms with Gasteiger partial charge in [0.25, 0.3) is 0 Å². The molecular weight excluding hydrogens is 342 g/mol. The Bertz CT molecular complexity index is 1030. The van der Waals surface area contributed by atoms with Gasteiger partial charge in [0.2, 0.25) is 11.8 Å². The molecule has 4 aromatic heterocycles. The van der Waals surface area contributed by atoms with E-state index in [1.165, 1.54) is 19.3 Å². The van der Waals surface area contributed by atoms with Crippen molar-refractivity contribution in [1.82, 2.24) is 29.4 Å². The fraction of sp³-hybridized carbons (Fsp3) is 0.474. The Morgan fingerprint density at radius 1 is 1.22 bits per heavy atom. The third-order valence-electron chi connectivity index (χ3n) is 4.90. The van der Waals surface area contributed by atoms with Crippen molar-refractivity contribution >= 4 is 22.6 Å². The Balaban J connectivity index is 1.73. The second-order valence-corrected chi connectivity index (χ2v) is 6.92. The molecule has 0 bridgehead atoms.